The van der Waals surface area contributed by atoms with Gasteiger partial charge in [-0.15, -0.1) is 5.12 Å². The van der Waals surface area contributed by atoms with E-state index in [0.29, 0.717) is 12.8 Å². The maximum atomic E-state index is 13.3. The van der Waals surface area contributed by atoms with Crippen molar-refractivity contribution in [2.24, 2.45) is 0 Å². The van der Waals surface area contributed by atoms with Crippen LogP contribution in [-0.4, -0.2) is 45.7 Å². The van der Waals surface area contributed by atoms with Crippen molar-refractivity contribution >= 4 is 12.2 Å². The van der Waals surface area contributed by atoms with Crippen LogP contribution >= 0.6 is 0 Å². The number of hydrazine groups is 2. The van der Waals surface area contributed by atoms with Crippen LogP contribution < -0.4 is 5.43 Å². The van der Waals surface area contributed by atoms with Crippen molar-refractivity contribution in [2.45, 2.75) is 65.4 Å². The van der Waals surface area contributed by atoms with Crippen LogP contribution in [0.2, 0.25) is 0 Å². The molecule has 39 heavy (non-hydrogen) atoms. The molecule has 0 aromatic heterocycles. The lowest BCUT2D eigenvalue weighted by molar-refractivity contribution is -0.0957. The first-order chi connectivity index (χ1) is 18.6. The quantitative estimate of drug-likeness (QED) is 0.321. The summed E-state index contributed by atoms with van der Waals surface area (Å²) < 4.78 is 11.0. The van der Waals surface area contributed by atoms with Gasteiger partial charge in [0.25, 0.3) is 0 Å². The van der Waals surface area contributed by atoms with E-state index in [1.54, 1.807) is 25.8 Å². The Morgan fingerprint density at radius 3 is 2.13 bits per heavy atom. The van der Waals surface area contributed by atoms with Gasteiger partial charge in [-0.3, -0.25) is 0 Å². The summed E-state index contributed by atoms with van der Waals surface area (Å²) in [4.78, 5) is 26.2. The van der Waals surface area contributed by atoms with Gasteiger partial charge in [-0.1, -0.05) is 90.5 Å². The molecule has 2 N–H and O–H groups in total. The lowest BCUT2D eigenvalue weighted by Crippen LogP contribution is -2.58. The SMILES string of the molecule is Cc1cccc(CN(C[C@@H](O)CCc2ccccc2)N(NC(=O)OCc2ccccc2)C(=O)OC(C)(C)C)c1. The van der Waals surface area contributed by atoms with E-state index in [1.165, 1.54) is 0 Å². The Bertz CT molecular complexity index is 1180. The number of rotatable bonds is 10. The summed E-state index contributed by atoms with van der Waals surface area (Å²) in [6, 6.07) is 27.0. The highest BCUT2D eigenvalue weighted by Gasteiger charge is 2.31. The highest BCUT2D eigenvalue weighted by Crippen LogP contribution is 2.16. The average molecular weight is 534 g/mol. The number of aliphatic hydroxyl groups excluding tert-OH is 1. The first-order valence-electron chi connectivity index (χ1n) is 13.1. The molecule has 3 aromatic rings. The predicted molar refractivity (Wildman–Crippen MR) is 150 cm³/mol. The highest BCUT2D eigenvalue weighted by molar-refractivity contribution is 5.73. The van der Waals surface area contributed by atoms with Gasteiger partial charge in [0, 0.05) is 13.1 Å². The average Bonchev–Trinajstić information content (AvgIpc) is 2.89. The summed E-state index contributed by atoms with van der Waals surface area (Å²) >= 11 is 0. The van der Waals surface area contributed by atoms with E-state index in [2.05, 4.69) is 5.43 Å². The van der Waals surface area contributed by atoms with Crippen LogP contribution in [0.3, 0.4) is 0 Å². The van der Waals surface area contributed by atoms with Crippen LogP contribution in [0, 0.1) is 6.92 Å². The van der Waals surface area contributed by atoms with Crippen molar-refractivity contribution in [2.75, 3.05) is 6.54 Å². The van der Waals surface area contributed by atoms with Crippen LogP contribution in [0.25, 0.3) is 0 Å². The van der Waals surface area contributed by atoms with Crippen LogP contribution in [0.1, 0.15) is 49.4 Å². The third kappa shape index (κ3) is 10.8. The normalized spacial score (nSPS) is 12.1. The zero-order valence-electron chi connectivity index (χ0n) is 23.2. The molecule has 8 heteroatoms. The number of nitrogens with zero attached hydrogens (tertiary/aromatic N) is 2. The van der Waals surface area contributed by atoms with Gasteiger partial charge in [0.05, 0.1) is 6.10 Å². The second-order valence-electron chi connectivity index (χ2n) is 10.5. The number of amides is 2. The topological polar surface area (TPSA) is 91.3 Å². The van der Waals surface area contributed by atoms with Crippen LogP contribution in [-0.2, 0) is 29.0 Å². The standard InChI is InChI=1S/C31H39N3O5/c1-24-12-11-17-27(20-24)21-33(22-28(35)19-18-25-13-7-5-8-14-25)34(30(37)39-31(2,3)4)32-29(36)38-23-26-15-9-6-10-16-26/h5-17,20,28,35H,18-19,21-23H2,1-4H3,(H,32,36)/t28-/m0/s1. The Labute approximate surface area is 231 Å². The number of aliphatic hydroxyl groups is 1. The molecule has 0 fully saturated rings. The maximum absolute atomic E-state index is 13.3. The second-order valence-corrected chi connectivity index (χ2v) is 10.5. The molecule has 0 aliphatic rings. The molecule has 0 aliphatic heterocycles. The highest BCUT2D eigenvalue weighted by atomic mass is 16.6. The molecule has 0 aliphatic carbocycles. The fourth-order valence-electron chi connectivity index (χ4n) is 3.93. The summed E-state index contributed by atoms with van der Waals surface area (Å²) in [5.74, 6) is 0. The lowest BCUT2D eigenvalue weighted by atomic mass is 10.1. The maximum Gasteiger partial charge on any atom is 0.444 e. The Morgan fingerprint density at radius 1 is 0.897 bits per heavy atom. The molecule has 1 atom stereocenters. The number of carbonyl (C=O) groups is 2. The molecule has 3 aromatic carbocycles. The summed E-state index contributed by atoms with van der Waals surface area (Å²) in [6.07, 6.45) is -1.27. The minimum absolute atomic E-state index is 0.0341. The molecule has 3 rings (SSSR count). The van der Waals surface area contributed by atoms with E-state index < -0.39 is 23.9 Å². The van der Waals surface area contributed by atoms with Crippen LogP contribution in [0.15, 0.2) is 84.9 Å². The fourth-order valence-corrected chi connectivity index (χ4v) is 3.93. The molecule has 0 bridgehead atoms. The van der Waals surface area contributed by atoms with E-state index in [9.17, 15) is 14.7 Å². The van der Waals surface area contributed by atoms with E-state index in [4.69, 9.17) is 9.47 Å². The monoisotopic (exact) mass is 533 g/mol. The van der Waals surface area contributed by atoms with Crippen molar-refractivity contribution in [3.05, 3.63) is 107 Å². The third-order valence-corrected chi connectivity index (χ3v) is 5.74. The fraction of sp³-hybridized carbons (Fsp3) is 0.355. The number of ether oxygens (including phenoxy) is 2. The van der Waals surface area contributed by atoms with Crippen molar-refractivity contribution in [1.29, 1.82) is 0 Å². The van der Waals surface area contributed by atoms with Crippen molar-refractivity contribution in [3.63, 3.8) is 0 Å². The van der Waals surface area contributed by atoms with Crippen molar-refractivity contribution in [1.82, 2.24) is 15.6 Å². The number of benzene rings is 3. The van der Waals surface area contributed by atoms with Gasteiger partial charge in [-0.2, -0.15) is 5.01 Å². The number of nitrogens with one attached hydrogen (secondary N) is 1. The van der Waals surface area contributed by atoms with Crippen LogP contribution in [0.4, 0.5) is 9.59 Å². The largest absolute Gasteiger partial charge is 0.444 e. The lowest BCUT2D eigenvalue weighted by Gasteiger charge is -2.36. The number of hydrogen-bond donors (Lipinski definition) is 2. The number of hydrogen-bond acceptors (Lipinski definition) is 6. The summed E-state index contributed by atoms with van der Waals surface area (Å²) in [7, 11) is 0. The Kier molecular flexibility index (Phi) is 10.9. The van der Waals surface area contributed by atoms with Crippen molar-refractivity contribution < 1.29 is 24.2 Å². The molecule has 208 valence electrons. The van der Waals surface area contributed by atoms with Gasteiger partial charge >= 0.3 is 12.2 Å². The van der Waals surface area contributed by atoms with Gasteiger partial charge in [0.1, 0.15) is 12.2 Å². The van der Waals surface area contributed by atoms with Gasteiger partial charge in [-0.25, -0.2) is 15.0 Å². The first-order valence-corrected chi connectivity index (χ1v) is 13.1. The summed E-state index contributed by atoms with van der Waals surface area (Å²) in [5.41, 5.74) is 5.59. The van der Waals surface area contributed by atoms with Gasteiger partial charge < -0.3 is 14.6 Å². The molecule has 0 radical (unpaired) electrons. The summed E-state index contributed by atoms with van der Waals surface area (Å²) in [5, 5.41) is 13.6. The molecule has 0 heterocycles. The Balaban J connectivity index is 1.80. The van der Waals surface area contributed by atoms with E-state index in [-0.39, 0.29) is 19.7 Å². The molecule has 0 saturated carbocycles. The van der Waals surface area contributed by atoms with E-state index in [0.717, 1.165) is 27.4 Å². The Morgan fingerprint density at radius 2 is 1.51 bits per heavy atom. The van der Waals surface area contributed by atoms with E-state index in [1.807, 2.05) is 91.9 Å². The molecule has 0 saturated heterocycles. The van der Waals surface area contributed by atoms with Crippen LogP contribution in [0.5, 0.6) is 0 Å². The smallest absolute Gasteiger partial charge is 0.443 e. The zero-order valence-corrected chi connectivity index (χ0v) is 23.2. The molecular weight excluding hydrogens is 494 g/mol. The first kappa shape index (κ1) is 29.7. The zero-order chi connectivity index (χ0) is 28.3. The molecule has 2 amide bonds. The molecule has 8 nitrogen and oxygen atoms in total. The van der Waals surface area contributed by atoms with Crippen molar-refractivity contribution in [3.8, 4) is 0 Å². The molecule has 0 unspecified atom stereocenters. The Hall–Kier alpha value is -3.88. The summed E-state index contributed by atoms with van der Waals surface area (Å²) in [6.45, 7) is 7.56. The van der Waals surface area contributed by atoms with E-state index >= 15 is 0 Å². The third-order valence-electron chi connectivity index (χ3n) is 5.74. The molecule has 0 spiro atoms. The minimum Gasteiger partial charge on any atom is -0.443 e. The predicted octanol–water partition coefficient (Wildman–Crippen LogP) is 5.78. The second kappa shape index (κ2) is 14.3. The molecular formula is C31H39N3O5. The number of carbonyl (C=O) groups excluding carboxylic acids is 2. The van der Waals surface area contributed by atoms with Gasteiger partial charge in [0.2, 0.25) is 0 Å². The van der Waals surface area contributed by atoms with Gasteiger partial charge in [0.15, 0.2) is 0 Å². The van der Waals surface area contributed by atoms with Gasteiger partial charge in [-0.05, 0) is 57.2 Å². The minimum atomic E-state index is -0.822. The number of aryl methyl sites for hydroxylation is 2.